The number of rotatable bonds is 2. The van der Waals surface area contributed by atoms with Crippen molar-refractivity contribution in [3.63, 3.8) is 0 Å². The lowest BCUT2D eigenvalue weighted by atomic mass is 10.2. The Hall–Kier alpha value is -0.580. The van der Waals surface area contributed by atoms with E-state index in [-0.39, 0.29) is 6.61 Å². The number of halogens is 1. The highest BCUT2D eigenvalue weighted by Gasteiger charge is 2.10. The van der Waals surface area contributed by atoms with E-state index in [1.165, 1.54) is 0 Å². The maximum Gasteiger partial charge on any atom is 0.151 e. The predicted molar refractivity (Wildman–Crippen MR) is 62.0 cm³/mol. The fourth-order valence-electron chi connectivity index (χ4n) is 1.38. The van der Waals surface area contributed by atoms with Crippen LogP contribution in [0.1, 0.15) is 5.56 Å². The first kappa shape index (κ1) is 9.96. The van der Waals surface area contributed by atoms with Crippen molar-refractivity contribution < 1.29 is 9.84 Å². The SMILES string of the molecule is COc1c(Br)sc2cc(CO)ccc12. The van der Waals surface area contributed by atoms with E-state index >= 15 is 0 Å². The first-order chi connectivity index (χ1) is 6.76. The Bertz CT molecular complexity index is 464. The molecule has 0 aliphatic carbocycles. The second kappa shape index (κ2) is 3.88. The Labute approximate surface area is 94.3 Å². The summed E-state index contributed by atoms with van der Waals surface area (Å²) in [5.41, 5.74) is 0.925. The van der Waals surface area contributed by atoms with Crippen molar-refractivity contribution in [2.45, 2.75) is 6.61 Å². The average Bonchev–Trinajstić information content (AvgIpc) is 2.51. The van der Waals surface area contributed by atoms with Crippen LogP contribution in [0, 0.1) is 0 Å². The summed E-state index contributed by atoms with van der Waals surface area (Å²) in [6.45, 7) is 0.0772. The van der Waals surface area contributed by atoms with Crippen LogP contribution in [0.2, 0.25) is 0 Å². The second-order valence-corrected chi connectivity index (χ2v) is 5.27. The van der Waals surface area contributed by atoms with Crippen molar-refractivity contribution in [2.75, 3.05) is 7.11 Å². The van der Waals surface area contributed by atoms with Crippen LogP contribution in [0.15, 0.2) is 22.0 Å². The predicted octanol–water partition coefficient (Wildman–Crippen LogP) is 3.16. The topological polar surface area (TPSA) is 29.5 Å². The van der Waals surface area contributed by atoms with Gasteiger partial charge in [0.05, 0.1) is 13.7 Å². The van der Waals surface area contributed by atoms with Crippen LogP contribution in [0.5, 0.6) is 5.75 Å². The maximum atomic E-state index is 8.99. The molecule has 74 valence electrons. The van der Waals surface area contributed by atoms with Gasteiger partial charge >= 0.3 is 0 Å². The van der Waals surface area contributed by atoms with E-state index in [1.54, 1.807) is 18.4 Å². The summed E-state index contributed by atoms with van der Waals surface area (Å²) in [6, 6.07) is 5.86. The quantitative estimate of drug-likeness (QED) is 0.910. The summed E-state index contributed by atoms with van der Waals surface area (Å²) < 4.78 is 7.39. The number of ether oxygens (including phenoxy) is 1. The smallest absolute Gasteiger partial charge is 0.151 e. The normalized spacial score (nSPS) is 10.8. The molecule has 1 aromatic heterocycles. The number of benzene rings is 1. The van der Waals surface area contributed by atoms with E-state index in [2.05, 4.69) is 15.9 Å². The Morgan fingerprint density at radius 3 is 2.93 bits per heavy atom. The molecule has 0 aliphatic rings. The van der Waals surface area contributed by atoms with Gasteiger partial charge in [-0.25, -0.2) is 0 Å². The molecule has 0 atom stereocenters. The van der Waals surface area contributed by atoms with Gasteiger partial charge in [-0.3, -0.25) is 0 Å². The molecule has 0 saturated carbocycles. The van der Waals surface area contributed by atoms with E-state index in [0.717, 1.165) is 25.2 Å². The molecule has 0 bridgehead atoms. The van der Waals surface area contributed by atoms with E-state index in [1.807, 2.05) is 18.2 Å². The highest BCUT2D eigenvalue weighted by atomic mass is 79.9. The van der Waals surface area contributed by atoms with E-state index in [4.69, 9.17) is 9.84 Å². The van der Waals surface area contributed by atoms with Gasteiger partial charge in [-0.15, -0.1) is 11.3 Å². The molecule has 14 heavy (non-hydrogen) atoms. The van der Waals surface area contributed by atoms with Gasteiger partial charge in [-0.2, -0.15) is 0 Å². The van der Waals surface area contributed by atoms with E-state index < -0.39 is 0 Å². The van der Waals surface area contributed by atoms with Crippen LogP contribution in [0.3, 0.4) is 0 Å². The molecule has 0 aliphatic heterocycles. The van der Waals surface area contributed by atoms with Gasteiger partial charge in [0, 0.05) is 10.1 Å². The number of hydrogen-bond donors (Lipinski definition) is 1. The Kier molecular flexibility index (Phi) is 2.76. The first-order valence-electron chi connectivity index (χ1n) is 4.12. The Balaban J connectivity index is 2.68. The summed E-state index contributed by atoms with van der Waals surface area (Å²) in [5.74, 6) is 0.870. The number of thiophene rings is 1. The van der Waals surface area contributed by atoms with Crippen molar-refractivity contribution in [1.82, 2.24) is 0 Å². The molecule has 0 saturated heterocycles. The van der Waals surface area contributed by atoms with Crippen LogP contribution in [0.4, 0.5) is 0 Å². The van der Waals surface area contributed by atoms with E-state index in [9.17, 15) is 0 Å². The molecule has 0 spiro atoms. The number of fused-ring (bicyclic) bond motifs is 1. The highest BCUT2D eigenvalue weighted by molar-refractivity contribution is 9.11. The van der Waals surface area contributed by atoms with Crippen LogP contribution in [-0.4, -0.2) is 12.2 Å². The summed E-state index contributed by atoms with van der Waals surface area (Å²) in [6.07, 6.45) is 0. The van der Waals surface area contributed by atoms with Gasteiger partial charge in [0.25, 0.3) is 0 Å². The lowest BCUT2D eigenvalue weighted by molar-refractivity contribution is 0.282. The molecule has 2 nitrogen and oxygen atoms in total. The van der Waals surface area contributed by atoms with Gasteiger partial charge in [-0.1, -0.05) is 6.07 Å². The monoisotopic (exact) mass is 272 g/mol. The van der Waals surface area contributed by atoms with Crippen LogP contribution in [-0.2, 0) is 6.61 Å². The van der Waals surface area contributed by atoms with Crippen molar-refractivity contribution in [1.29, 1.82) is 0 Å². The van der Waals surface area contributed by atoms with Gasteiger partial charge in [0.1, 0.15) is 3.79 Å². The molecule has 0 amide bonds. The highest BCUT2D eigenvalue weighted by Crippen LogP contribution is 2.41. The standard InChI is InChI=1S/C10H9BrO2S/c1-13-9-7-3-2-6(5-12)4-8(7)14-10(9)11/h2-4,12H,5H2,1H3. The second-order valence-electron chi connectivity index (χ2n) is 2.90. The summed E-state index contributed by atoms with van der Waals surface area (Å²) in [5, 5.41) is 10.1. The number of aliphatic hydroxyl groups excluding tert-OH is 1. The van der Waals surface area contributed by atoms with Gasteiger partial charge in [-0.05, 0) is 33.6 Å². The third-order valence-electron chi connectivity index (χ3n) is 2.06. The van der Waals surface area contributed by atoms with Gasteiger partial charge in [0.15, 0.2) is 5.75 Å². The lowest BCUT2D eigenvalue weighted by Crippen LogP contribution is -1.82. The molecule has 2 aromatic rings. The third-order valence-corrected chi connectivity index (χ3v) is 3.82. The van der Waals surface area contributed by atoms with Gasteiger partial charge in [0.2, 0.25) is 0 Å². The molecular weight excluding hydrogens is 264 g/mol. The van der Waals surface area contributed by atoms with Crippen molar-refractivity contribution in [3.05, 3.63) is 27.5 Å². The van der Waals surface area contributed by atoms with Crippen LogP contribution in [0.25, 0.3) is 10.1 Å². The summed E-state index contributed by atoms with van der Waals surface area (Å²) in [4.78, 5) is 0. The molecule has 1 heterocycles. The minimum absolute atomic E-state index is 0.0772. The first-order valence-corrected chi connectivity index (χ1v) is 5.73. The minimum Gasteiger partial charge on any atom is -0.494 e. The molecule has 1 aromatic carbocycles. The van der Waals surface area contributed by atoms with Crippen LogP contribution < -0.4 is 4.74 Å². The molecule has 1 N–H and O–H groups in total. The summed E-state index contributed by atoms with van der Waals surface area (Å²) >= 11 is 5.06. The molecule has 4 heteroatoms. The van der Waals surface area contributed by atoms with Crippen molar-refractivity contribution >= 4 is 37.4 Å². The zero-order valence-corrected chi connectivity index (χ0v) is 9.98. The maximum absolute atomic E-state index is 8.99. The Morgan fingerprint density at radius 2 is 2.29 bits per heavy atom. The number of aliphatic hydroxyl groups is 1. The average molecular weight is 273 g/mol. The van der Waals surface area contributed by atoms with E-state index in [0.29, 0.717) is 0 Å². The fourth-order valence-corrected chi connectivity index (χ4v) is 3.23. The molecule has 0 unspecified atom stereocenters. The molecule has 0 radical (unpaired) electrons. The zero-order valence-electron chi connectivity index (χ0n) is 7.58. The van der Waals surface area contributed by atoms with Gasteiger partial charge < -0.3 is 9.84 Å². The molecular formula is C10H9BrO2S. The third kappa shape index (κ3) is 1.54. The molecule has 0 fully saturated rings. The van der Waals surface area contributed by atoms with Crippen LogP contribution >= 0.6 is 27.3 Å². The lowest BCUT2D eigenvalue weighted by Gasteiger charge is -1.98. The number of hydrogen-bond acceptors (Lipinski definition) is 3. The largest absolute Gasteiger partial charge is 0.494 e. The summed E-state index contributed by atoms with van der Waals surface area (Å²) in [7, 11) is 1.66. The van der Waals surface area contributed by atoms with Crippen molar-refractivity contribution in [2.24, 2.45) is 0 Å². The Morgan fingerprint density at radius 1 is 1.50 bits per heavy atom. The fraction of sp³-hybridized carbons (Fsp3) is 0.200. The molecule has 2 rings (SSSR count). The minimum atomic E-state index is 0.0772. The van der Waals surface area contributed by atoms with Crippen molar-refractivity contribution in [3.8, 4) is 5.75 Å². The zero-order chi connectivity index (χ0) is 10.1. The number of methoxy groups -OCH3 is 1.